The number of benzene rings is 3. The summed E-state index contributed by atoms with van der Waals surface area (Å²) in [5.74, 6) is 0.634. The highest BCUT2D eigenvalue weighted by atomic mass is 19.4. The average Bonchev–Trinajstić information content (AvgIpc) is 2.68. The summed E-state index contributed by atoms with van der Waals surface area (Å²) < 4.78 is 61.4. The molecule has 0 unspecified atom stereocenters. The molecule has 0 bridgehead atoms. The molecule has 0 saturated carbocycles. The summed E-state index contributed by atoms with van der Waals surface area (Å²) in [7, 11) is 0. The molecule has 162 valence electrons. The minimum atomic E-state index is -4.75. The maximum atomic E-state index is 14.8. The number of hydrogen-bond donors (Lipinski definition) is 0. The summed E-state index contributed by atoms with van der Waals surface area (Å²) in [4.78, 5) is 0. The van der Waals surface area contributed by atoms with E-state index in [4.69, 9.17) is 4.74 Å². The van der Waals surface area contributed by atoms with E-state index in [0.29, 0.717) is 17.1 Å². The first-order chi connectivity index (χ1) is 14.6. The Morgan fingerprint density at radius 2 is 1.45 bits per heavy atom. The van der Waals surface area contributed by atoms with Crippen LogP contribution in [-0.4, -0.2) is 6.36 Å². The number of alkyl halides is 3. The highest BCUT2D eigenvalue weighted by molar-refractivity contribution is 5.37. The van der Waals surface area contributed by atoms with Gasteiger partial charge in [0, 0.05) is 11.8 Å². The van der Waals surface area contributed by atoms with E-state index in [-0.39, 0.29) is 18.0 Å². The zero-order valence-electron chi connectivity index (χ0n) is 17.1. The summed E-state index contributed by atoms with van der Waals surface area (Å²) in [5.41, 5.74) is 0.684. The van der Waals surface area contributed by atoms with Gasteiger partial charge in [0.05, 0.1) is 0 Å². The van der Waals surface area contributed by atoms with Crippen molar-refractivity contribution in [2.45, 2.75) is 32.0 Å². The Hall–Kier alpha value is -3.28. The first kappa shape index (κ1) is 22.4. The van der Waals surface area contributed by atoms with Crippen LogP contribution in [0.5, 0.6) is 17.2 Å². The summed E-state index contributed by atoms with van der Waals surface area (Å²) in [6.45, 7) is 3.59. The zero-order valence-corrected chi connectivity index (χ0v) is 17.1. The molecule has 0 radical (unpaired) electrons. The minimum absolute atomic E-state index is 0.0741. The van der Waals surface area contributed by atoms with Crippen LogP contribution < -0.4 is 9.47 Å². The van der Waals surface area contributed by atoms with Crippen LogP contribution in [0.2, 0.25) is 0 Å². The maximum absolute atomic E-state index is 14.8. The number of halogens is 4. The predicted molar refractivity (Wildman–Crippen MR) is 112 cm³/mol. The number of allylic oxidation sites excluding steroid dienone is 2. The van der Waals surface area contributed by atoms with Crippen molar-refractivity contribution >= 4 is 0 Å². The van der Waals surface area contributed by atoms with Crippen molar-refractivity contribution in [3.05, 3.63) is 102 Å². The third-order valence-corrected chi connectivity index (χ3v) is 4.60. The molecule has 0 aliphatic heterocycles. The van der Waals surface area contributed by atoms with Gasteiger partial charge in [-0.1, -0.05) is 56.3 Å². The van der Waals surface area contributed by atoms with E-state index in [2.05, 4.69) is 4.74 Å². The van der Waals surface area contributed by atoms with Crippen LogP contribution in [0.1, 0.15) is 25.0 Å². The molecule has 3 aromatic carbocycles. The highest BCUT2D eigenvalue weighted by Crippen LogP contribution is 2.31. The Balaban J connectivity index is 1.69. The third-order valence-electron chi connectivity index (χ3n) is 4.60. The van der Waals surface area contributed by atoms with Crippen molar-refractivity contribution in [3.63, 3.8) is 0 Å². The van der Waals surface area contributed by atoms with Gasteiger partial charge in [-0.15, -0.1) is 13.2 Å². The Bertz CT molecular complexity index is 1020. The summed E-state index contributed by atoms with van der Waals surface area (Å²) in [6.07, 6.45) is -3.20. The molecule has 3 rings (SSSR count). The summed E-state index contributed by atoms with van der Waals surface area (Å²) in [6, 6.07) is 21.9. The van der Waals surface area contributed by atoms with Gasteiger partial charge in [-0.3, -0.25) is 0 Å². The third kappa shape index (κ3) is 6.88. The smallest absolute Gasteiger partial charge is 0.457 e. The van der Waals surface area contributed by atoms with Crippen LogP contribution in [0, 0.1) is 0 Å². The normalized spacial score (nSPS) is 12.5. The Kier molecular flexibility index (Phi) is 6.68. The monoisotopic (exact) mass is 430 g/mol. The second-order valence-corrected chi connectivity index (χ2v) is 7.62. The maximum Gasteiger partial charge on any atom is 0.573 e. The van der Waals surface area contributed by atoms with E-state index in [1.54, 1.807) is 32.0 Å². The van der Waals surface area contributed by atoms with Crippen molar-refractivity contribution in [1.82, 2.24) is 0 Å². The molecule has 0 spiro atoms. The molecule has 3 aromatic rings. The standard InChI is InChI=1S/C25H22F4O2/c1-24(2,19-11-13-22(14-12-19)31-25(27,28)29)17-20(26)15-18-7-6-10-23(16-18)30-21-8-4-3-5-9-21/h3-14,16-17H,15H2,1-2H3/b20-17-. The first-order valence-corrected chi connectivity index (χ1v) is 9.66. The lowest BCUT2D eigenvalue weighted by molar-refractivity contribution is -0.274. The molecule has 0 atom stereocenters. The molecular formula is C25H22F4O2. The van der Waals surface area contributed by atoms with Crippen molar-refractivity contribution in [2.75, 3.05) is 0 Å². The Labute approximate surface area is 178 Å². The van der Waals surface area contributed by atoms with Crippen molar-refractivity contribution in [2.24, 2.45) is 0 Å². The van der Waals surface area contributed by atoms with Crippen molar-refractivity contribution < 1.29 is 27.0 Å². The highest BCUT2D eigenvalue weighted by Gasteiger charge is 2.31. The van der Waals surface area contributed by atoms with Crippen LogP contribution in [0.4, 0.5) is 17.6 Å². The van der Waals surface area contributed by atoms with Gasteiger partial charge in [-0.2, -0.15) is 0 Å². The lowest BCUT2D eigenvalue weighted by atomic mass is 9.83. The van der Waals surface area contributed by atoms with E-state index < -0.39 is 11.8 Å². The van der Waals surface area contributed by atoms with E-state index in [1.165, 1.54) is 30.3 Å². The molecule has 0 fully saturated rings. The molecule has 0 amide bonds. The number of para-hydroxylation sites is 1. The van der Waals surface area contributed by atoms with Crippen LogP contribution in [0.15, 0.2) is 90.8 Å². The summed E-state index contributed by atoms with van der Waals surface area (Å²) >= 11 is 0. The fraction of sp³-hybridized carbons (Fsp3) is 0.200. The van der Waals surface area contributed by atoms with E-state index in [9.17, 15) is 17.6 Å². The fourth-order valence-corrected chi connectivity index (χ4v) is 3.15. The van der Waals surface area contributed by atoms with Crippen molar-refractivity contribution in [3.8, 4) is 17.2 Å². The van der Waals surface area contributed by atoms with Gasteiger partial charge in [0.1, 0.15) is 23.1 Å². The molecule has 6 heteroatoms. The SMILES string of the molecule is CC(C)(/C=C(\F)Cc1cccc(Oc2ccccc2)c1)c1ccc(OC(F)(F)F)cc1. The quantitative estimate of drug-likeness (QED) is 0.357. The van der Waals surface area contributed by atoms with Crippen LogP contribution in [0.25, 0.3) is 0 Å². The topological polar surface area (TPSA) is 18.5 Å². The largest absolute Gasteiger partial charge is 0.573 e. The molecule has 0 heterocycles. The lowest BCUT2D eigenvalue weighted by Crippen LogP contribution is -2.18. The van der Waals surface area contributed by atoms with E-state index in [0.717, 1.165) is 5.56 Å². The molecule has 31 heavy (non-hydrogen) atoms. The second kappa shape index (κ2) is 9.25. The molecule has 0 aromatic heterocycles. The van der Waals surface area contributed by atoms with Gasteiger partial charge < -0.3 is 9.47 Å². The van der Waals surface area contributed by atoms with E-state index >= 15 is 0 Å². The van der Waals surface area contributed by atoms with Gasteiger partial charge in [0.2, 0.25) is 0 Å². The molecule has 0 aliphatic carbocycles. The first-order valence-electron chi connectivity index (χ1n) is 9.66. The molecule has 0 aliphatic rings. The number of hydrogen-bond acceptors (Lipinski definition) is 2. The van der Waals surface area contributed by atoms with Gasteiger partial charge in [-0.05, 0) is 53.6 Å². The minimum Gasteiger partial charge on any atom is -0.457 e. The average molecular weight is 430 g/mol. The zero-order chi connectivity index (χ0) is 22.5. The molecule has 2 nitrogen and oxygen atoms in total. The molecule has 0 saturated heterocycles. The van der Waals surface area contributed by atoms with E-state index in [1.807, 2.05) is 36.4 Å². The Morgan fingerprint density at radius 1 is 0.806 bits per heavy atom. The fourth-order valence-electron chi connectivity index (χ4n) is 3.15. The lowest BCUT2D eigenvalue weighted by Gasteiger charge is -2.22. The Morgan fingerprint density at radius 3 is 2.10 bits per heavy atom. The molecular weight excluding hydrogens is 408 g/mol. The molecule has 0 N–H and O–H groups in total. The van der Waals surface area contributed by atoms with Crippen LogP contribution >= 0.6 is 0 Å². The van der Waals surface area contributed by atoms with Crippen LogP contribution in [-0.2, 0) is 11.8 Å². The number of ether oxygens (including phenoxy) is 2. The van der Waals surface area contributed by atoms with Gasteiger partial charge >= 0.3 is 6.36 Å². The summed E-state index contributed by atoms with van der Waals surface area (Å²) in [5, 5.41) is 0. The number of rotatable bonds is 7. The van der Waals surface area contributed by atoms with Gasteiger partial charge in [-0.25, -0.2) is 4.39 Å². The predicted octanol–water partition coefficient (Wildman–Crippen LogP) is 7.75. The van der Waals surface area contributed by atoms with Gasteiger partial charge in [0.15, 0.2) is 0 Å². The van der Waals surface area contributed by atoms with Gasteiger partial charge in [0.25, 0.3) is 0 Å². The van der Waals surface area contributed by atoms with Crippen molar-refractivity contribution in [1.29, 1.82) is 0 Å². The second-order valence-electron chi connectivity index (χ2n) is 7.62. The van der Waals surface area contributed by atoms with Crippen LogP contribution in [0.3, 0.4) is 0 Å².